The highest BCUT2D eigenvalue weighted by atomic mass is 32.2. The Hall–Kier alpha value is -1.63. The van der Waals surface area contributed by atoms with Gasteiger partial charge >= 0.3 is 0 Å². The molecule has 1 aromatic heterocycles. The smallest absolute Gasteiger partial charge is 0.146 e. The molecule has 0 fully saturated rings. The van der Waals surface area contributed by atoms with Crippen molar-refractivity contribution in [1.29, 1.82) is 0 Å². The first-order valence-corrected chi connectivity index (χ1v) is 6.96. The number of anilines is 1. The Balaban J connectivity index is 2.07. The predicted molar refractivity (Wildman–Crippen MR) is 70.6 cm³/mol. The fraction of sp³-hybridized carbons (Fsp3) is 0.364. The molecule has 1 aromatic carbocycles. The highest BCUT2D eigenvalue weighted by molar-refractivity contribution is 7.98. The van der Waals surface area contributed by atoms with Crippen molar-refractivity contribution in [2.45, 2.75) is 6.42 Å². The molecule has 2 aromatic rings. The van der Waals surface area contributed by atoms with Crippen LogP contribution in [0.4, 0.5) is 10.1 Å². The van der Waals surface area contributed by atoms with Gasteiger partial charge in [0.2, 0.25) is 0 Å². The van der Waals surface area contributed by atoms with Crippen LogP contribution < -0.4 is 5.32 Å². The Morgan fingerprint density at radius 2 is 2.33 bits per heavy atom. The lowest BCUT2D eigenvalue weighted by atomic mass is 10.2. The number of hydrogen-bond acceptors (Lipinski definition) is 5. The molecule has 1 N–H and O–H groups in total. The summed E-state index contributed by atoms with van der Waals surface area (Å²) in [5.41, 5.74) is 1.21. The second kappa shape index (κ2) is 6.34. The fourth-order valence-electron chi connectivity index (χ4n) is 1.51. The summed E-state index contributed by atoms with van der Waals surface area (Å²) in [6, 6.07) is 4.75. The van der Waals surface area contributed by atoms with Gasteiger partial charge in [0.25, 0.3) is 0 Å². The molecular weight excluding hydrogens is 253 g/mol. The maximum absolute atomic E-state index is 13.6. The summed E-state index contributed by atoms with van der Waals surface area (Å²) >= 11 is 1.78. The second-order valence-electron chi connectivity index (χ2n) is 3.69. The van der Waals surface area contributed by atoms with Gasteiger partial charge in [-0.05, 0) is 47.1 Å². The summed E-state index contributed by atoms with van der Waals surface area (Å²) < 4.78 is 15.1. The SMILES string of the molecule is CSCCCNc1cc(-n2cnnn2)ccc1F. The predicted octanol–water partition coefficient (Wildman–Crippen LogP) is 1.97. The molecule has 0 aliphatic heterocycles. The Labute approximate surface area is 109 Å². The zero-order valence-corrected chi connectivity index (χ0v) is 10.8. The number of thioether (sulfide) groups is 1. The number of hydrogen-bond donors (Lipinski definition) is 1. The molecule has 0 radical (unpaired) electrons. The summed E-state index contributed by atoms with van der Waals surface area (Å²) in [5, 5.41) is 14.0. The summed E-state index contributed by atoms with van der Waals surface area (Å²) in [5.74, 6) is 0.789. The van der Waals surface area contributed by atoms with Gasteiger partial charge in [-0.25, -0.2) is 9.07 Å². The van der Waals surface area contributed by atoms with Crippen molar-refractivity contribution in [2.24, 2.45) is 0 Å². The summed E-state index contributed by atoms with van der Waals surface area (Å²) in [6.45, 7) is 0.747. The van der Waals surface area contributed by atoms with Crippen LogP contribution in [0.15, 0.2) is 24.5 Å². The quantitative estimate of drug-likeness (QED) is 0.811. The summed E-state index contributed by atoms with van der Waals surface area (Å²) in [4.78, 5) is 0. The lowest BCUT2D eigenvalue weighted by Gasteiger charge is -2.08. The first-order valence-electron chi connectivity index (χ1n) is 5.57. The van der Waals surface area contributed by atoms with Crippen LogP contribution in [0.3, 0.4) is 0 Å². The molecule has 5 nitrogen and oxygen atoms in total. The molecule has 0 unspecified atom stereocenters. The minimum Gasteiger partial charge on any atom is -0.383 e. The van der Waals surface area contributed by atoms with Crippen LogP contribution >= 0.6 is 11.8 Å². The average Bonchev–Trinajstić information content (AvgIpc) is 2.90. The standard InChI is InChI=1S/C11H14FN5S/c1-18-6-2-5-13-11-7-9(3-4-10(11)12)17-8-14-15-16-17/h3-4,7-8,13H,2,5-6H2,1H3. The van der Waals surface area contributed by atoms with E-state index in [1.54, 1.807) is 23.9 Å². The average molecular weight is 267 g/mol. The molecule has 0 saturated heterocycles. The van der Waals surface area contributed by atoms with Gasteiger partial charge in [-0.2, -0.15) is 11.8 Å². The van der Waals surface area contributed by atoms with E-state index in [-0.39, 0.29) is 5.82 Å². The molecule has 0 amide bonds. The molecule has 0 bridgehead atoms. The normalized spacial score (nSPS) is 10.6. The first kappa shape index (κ1) is 12.8. The Morgan fingerprint density at radius 1 is 1.44 bits per heavy atom. The van der Waals surface area contributed by atoms with Crippen LogP contribution in [-0.4, -0.2) is 38.8 Å². The van der Waals surface area contributed by atoms with E-state index in [1.165, 1.54) is 17.1 Å². The third-order valence-electron chi connectivity index (χ3n) is 2.40. The monoisotopic (exact) mass is 267 g/mol. The zero-order chi connectivity index (χ0) is 12.8. The van der Waals surface area contributed by atoms with E-state index in [1.807, 2.05) is 0 Å². The van der Waals surface area contributed by atoms with E-state index >= 15 is 0 Å². The Morgan fingerprint density at radius 3 is 3.06 bits per heavy atom. The summed E-state index contributed by atoms with van der Waals surface area (Å²) in [7, 11) is 0. The van der Waals surface area contributed by atoms with Gasteiger partial charge in [-0.3, -0.25) is 0 Å². The first-order chi connectivity index (χ1) is 8.81. The molecule has 0 spiro atoms. The molecular formula is C11H14FN5S. The second-order valence-corrected chi connectivity index (χ2v) is 4.68. The van der Waals surface area contributed by atoms with E-state index in [0.29, 0.717) is 5.69 Å². The minimum absolute atomic E-state index is 0.268. The molecule has 96 valence electrons. The number of tetrazole rings is 1. The van der Waals surface area contributed by atoms with Gasteiger partial charge < -0.3 is 5.32 Å². The van der Waals surface area contributed by atoms with E-state index in [9.17, 15) is 4.39 Å². The van der Waals surface area contributed by atoms with E-state index in [2.05, 4.69) is 27.1 Å². The maximum atomic E-state index is 13.6. The van der Waals surface area contributed by atoms with Crippen molar-refractivity contribution in [1.82, 2.24) is 20.2 Å². The Kier molecular flexibility index (Phi) is 4.52. The molecule has 0 saturated carbocycles. The third kappa shape index (κ3) is 3.19. The highest BCUT2D eigenvalue weighted by Crippen LogP contribution is 2.18. The molecule has 1 heterocycles. The lowest BCUT2D eigenvalue weighted by Crippen LogP contribution is -2.05. The number of nitrogens with zero attached hydrogens (tertiary/aromatic N) is 4. The number of halogens is 1. The van der Waals surface area contributed by atoms with Crippen LogP contribution in [0.2, 0.25) is 0 Å². The molecule has 7 heteroatoms. The van der Waals surface area contributed by atoms with Crippen LogP contribution in [0.25, 0.3) is 5.69 Å². The lowest BCUT2D eigenvalue weighted by molar-refractivity contribution is 0.629. The van der Waals surface area contributed by atoms with Crippen LogP contribution in [0.5, 0.6) is 0 Å². The number of aromatic nitrogens is 4. The van der Waals surface area contributed by atoms with E-state index in [0.717, 1.165) is 24.4 Å². The van der Waals surface area contributed by atoms with Crippen LogP contribution in [0.1, 0.15) is 6.42 Å². The van der Waals surface area contributed by atoms with Crippen molar-refractivity contribution in [3.8, 4) is 5.69 Å². The van der Waals surface area contributed by atoms with Crippen molar-refractivity contribution in [2.75, 3.05) is 23.9 Å². The fourth-order valence-corrected chi connectivity index (χ4v) is 1.94. The van der Waals surface area contributed by atoms with Gasteiger partial charge in [-0.1, -0.05) is 0 Å². The minimum atomic E-state index is -0.268. The van der Waals surface area contributed by atoms with E-state index < -0.39 is 0 Å². The largest absolute Gasteiger partial charge is 0.383 e. The van der Waals surface area contributed by atoms with Crippen molar-refractivity contribution >= 4 is 17.4 Å². The van der Waals surface area contributed by atoms with Gasteiger partial charge in [0.15, 0.2) is 0 Å². The molecule has 0 atom stereocenters. The zero-order valence-electron chi connectivity index (χ0n) is 10.0. The number of rotatable bonds is 6. The van der Waals surface area contributed by atoms with Crippen molar-refractivity contribution in [3.63, 3.8) is 0 Å². The molecule has 0 aliphatic carbocycles. The summed E-state index contributed by atoms with van der Waals surface area (Å²) in [6.07, 6.45) is 4.53. The molecule has 0 aliphatic rings. The number of benzene rings is 1. The van der Waals surface area contributed by atoms with Gasteiger partial charge in [0, 0.05) is 6.54 Å². The van der Waals surface area contributed by atoms with Crippen LogP contribution in [-0.2, 0) is 0 Å². The number of nitrogens with one attached hydrogen (secondary N) is 1. The molecule has 18 heavy (non-hydrogen) atoms. The van der Waals surface area contributed by atoms with Gasteiger partial charge in [0.05, 0.1) is 11.4 Å². The third-order valence-corrected chi connectivity index (χ3v) is 3.10. The van der Waals surface area contributed by atoms with Crippen LogP contribution in [0, 0.1) is 5.82 Å². The maximum Gasteiger partial charge on any atom is 0.146 e. The van der Waals surface area contributed by atoms with Gasteiger partial charge in [-0.15, -0.1) is 5.10 Å². The van der Waals surface area contributed by atoms with Crippen molar-refractivity contribution < 1.29 is 4.39 Å². The highest BCUT2D eigenvalue weighted by Gasteiger charge is 2.05. The van der Waals surface area contributed by atoms with Crippen molar-refractivity contribution in [3.05, 3.63) is 30.3 Å². The van der Waals surface area contributed by atoms with Gasteiger partial charge in [0.1, 0.15) is 12.1 Å². The Bertz CT molecular complexity index is 488. The van der Waals surface area contributed by atoms with E-state index in [4.69, 9.17) is 0 Å². The topological polar surface area (TPSA) is 55.6 Å². The molecule has 2 rings (SSSR count).